The summed E-state index contributed by atoms with van der Waals surface area (Å²) in [5.41, 5.74) is 3.73. The van der Waals surface area contributed by atoms with E-state index in [9.17, 15) is 8.42 Å². The largest absolute Gasteiger partial charge is 0.366 e. The number of rotatable bonds is 7. The number of aromatic nitrogens is 4. The van der Waals surface area contributed by atoms with E-state index in [2.05, 4.69) is 38.3 Å². The summed E-state index contributed by atoms with van der Waals surface area (Å²) in [4.78, 5) is 9.38. The molecule has 3 aromatic heterocycles. The molecule has 1 saturated heterocycles. The van der Waals surface area contributed by atoms with E-state index in [4.69, 9.17) is 4.98 Å². The van der Waals surface area contributed by atoms with Crippen LogP contribution in [0.2, 0.25) is 0 Å². The van der Waals surface area contributed by atoms with Gasteiger partial charge in [0, 0.05) is 44.0 Å². The number of benzene rings is 1. The molecule has 4 heterocycles. The molecular formula is C25H27BrN6O2S. The van der Waals surface area contributed by atoms with Crippen molar-refractivity contribution >= 4 is 37.4 Å². The van der Waals surface area contributed by atoms with Crippen molar-refractivity contribution in [3.8, 4) is 0 Å². The Bertz CT molecular complexity index is 1420. The van der Waals surface area contributed by atoms with Gasteiger partial charge in [0.05, 0.1) is 21.3 Å². The van der Waals surface area contributed by atoms with Gasteiger partial charge < -0.3 is 5.32 Å². The number of nitrogens with one attached hydrogen (secondary N) is 1. The molecule has 1 aliphatic rings. The lowest BCUT2D eigenvalue weighted by Gasteiger charge is -2.32. The predicted octanol–water partition coefficient (Wildman–Crippen LogP) is 4.63. The molecule has 10 heteroatoms. The topological polar surface area (TPSA) is 92.5 Å². The summed E-state index contributed by atoms with van der Waals surface area (Å²) >= 11 is 3.55. The van der Waals surface area contributed by atoms with Gasteiger partial charge in [-0.15, -0.1) is 0 Å². The first-order valence-corrected chi connectivity index (χ1v) is 13.9. The molecule has 35 heavy (non-hydrogen) atoms. The maximum Gasteiger partial charge on any atom is 0.243 e. The van der Waals surface area contributed by atoms with Crippen LogP contribution in [0.5, 0.6) is 0 Å². The Morgan fingerprint density at radius 2 is 1.97 bits per heavy atom. The molecule has 1 aliphatic heterocycles. The third-order valence-corrected chi connectivity index (χ3v) is 8.86. The number of anilines is 1. The fourth-order valence-electron chi connectivity index (χ4n) is 4.43. The van der Waals surface area contributed by atoms with E-state index in [1.807, 2.05) is 36.5 Å². The second kappa shape index (κ2) is 10.0. The summed E-state index contributed by atoms with van der Waals surface area (Å²) in [6.07, 6.45) is 7.82. The Kier molecular flexibility index (Phi) is 6.86. The minimum atomic E-state index is -3.57. The highest BCUT2D eigenvalue weighted by Gasteiger charge is 2.32. The average molecular weight is 556 g/mol. The van der Waals surface area contributed by atoms with Crippen molar-refractivity contribution in [2.75, 3.05) is 18.4 Å². The third-order valence-electron chi connectivity index (χ3n) is 6.42. The Labute approximate surface area is 213 Å². The smallest absolute Gasteiger partial charge is 0.243 e. The number of halogens is 1. The Hall–Kier alpha value is -2.82. The molecule has 0 amide bonds. The van der Waals surface area contributed by atoms with Crippen LogP contribution in [0.4, 0.5) is 5.82 Å². The van der Waals surface area contributed by atoms with Crippen LogP contribution in [-0.4, -0.2) is 45.4 Å². The Balaban J connectivity index is 1.42. The van der Waals surface area contributed by atoms with Crippen LogP contribution in [-0.2, 0) is 23.0 Å². The van der Waals surface area contributed by atoms with Crippen molar-refractivity contribution < 1.29 is 8.42 Å². The minimum Gasteiger partial charge on any atom is -0.366 e. The number of fused-ring (bicyclic) bond motifs is 1. The second-order valence-corrected chi connectivity index (χ2v) is 11.5. The molecular weight excluding hydrogens is 528 g/mol. The summed E-state index contributed by atoms with van der Waals surface area (Å²) in [6.45, 7) is 3.55. The zero-order chi connectivity index (χ0) is 24.4. The highest BCUT2D eigenvalue weighted by atomic mass is 79.9. The molecule has 5 rings (SSSR count). The second-order valence-electron chi connectivity index (χ2n) is 8.71. The molecule has 0 radical (unpaired) electrons. The zero-order valence-corrected chi connectivity index (χ0v) is 21.8. The number of aryl methyl sites for hydroxylation is 1. The summed E-state index contributed by atoms with van der Waals surface area (Å²) in [5.74, 6) is 0.786. The predicted molar refractivity (Wildman–Crippen MR) is 139 cm³/mol. The van der Waals surface area contributed by atoms with Crippen LogP contribution in [0.3, 0.4) is 0 Å². The van der Waals surface area contributed by atoms with Crippen molar-refractivity contribution in [2.45, 2.75) is 43.5 Å². The normalized spacial score (nSPS) is 17.0. The van der Waals surface area contributed by atoms with Gasteiger partial charge in [-0.2, -0.15) is 13.9 Å². The van der Waals surface area contributed by atoms with Gasteiger partial charge in [-0.1, -0.05) is 25.1 Å². The van der Waals surface area contributed by atoms with E-state index < -0.39 is 10.0 Å². The summed E-state index contributed by atoms with van der Waals surface area (Å²) < 4.78 is 30.9. The van der Waals surface area contributed by atoms with Crippen molar-refractivity contribution in [2.24, 2.45) is 0 Å². The molecule has 0 bridgehead atoms. The van der Waals surface area contributed by atoms with E-state index >= 15 is 0 Å². The number of hydrogen-bond acceptors (Lipinski definition) is 6. The van der Waals surface area contributed by atoms with Gasteiger partial charge in [0.15, 0.2) is 5.65 Å². The summed E-state index contributed by atoms with van der Waals surface area (Å²) in [6, 6.07) is 13.1. The Morgan fingerprint density at radius 3 is 2.71 bits per heavy atom. The Morgan fingerprint density at radius 1 is 1.14 bits per heavy atom. The van der Waals surface area contributed by atoms with E-state index in [1.54, 1.807) is 33.3 Å². The van der Waals surface area contributed by atoms with Crippen molar-refractivity contribution in [3.05, 3.63) is 82.3 Å². The zero-order valence-electron chi connectivity index (χ0n) is 19.4. The number of nitrogens with zero attached hydrogens (tertiary/aromatic N) is 5. The van der Waals surface area contributed by atoms with Gasteiger partial charge >= 0.3 is 0 Å². The highest BCUT2D eigenvalue weighted by Crippen LogP contribution is 2.32. The SMILES string of the molecule is CCc1ccc(S(=O)(=O)N2CCCC(c3cc(NCc4cccnc4)n4ncc(Br)c4n3)C2)cc1. The van der Waals surface area contributed by atoms with Crippen LogP contribution in [0.25, 0.3) is 5.65 Å². The minimum absolute atomic E-state index is 0.0146. The maximum atomic E-state index is 13.4. The van der Waals surface area contributed by atoms with Crippen LogP contribution in [0.15, 0.2) is 70.4 Å². The lowest BCUT2D eigenvalue weighted by molar-refractivity contribution is 0.313. The quantitative estimate of drug-likeness (QED) is 0.358. The molecule has 1 atom stereocenters. The first kappa shape index (κ1) is 23.9. The molecule has 1 aromatic carbocycles. The first-order valence-electron chi connectivity index (χ1n) is 11.7. The van der Waals surface area contributed by atoms with Crippen LogP contribution < -0.4 is 5.32 Å². The van der Waals surface area contributed by atoms with E-state index in [1.165, 1.54) is 0 Å². The third kappa shape index (κ3) is 4.96. The number of piperidine rings is 1. The fourth-order valence-corrected chi connectivity index (χ4v) is 6.31. The molecule has 0 saturated carbocycles. The van der Waals surface area contributed by atoms with Gasteiger partial charge in [-0.25, -0.2) is 13.4 Å². The summed E-state index contributed by atoms with van der Waals surface area (Å²) in [5, 5.41) is 7.89. The molecule has 0 spiro atoms. The van der Waals surface area contributed by atoms with Crippen LogP contribution in [0, 0.1) is 0 Å². The van der Waals surface area contributed by atoms with E-state index in [0.717, 1.165) is 46.4 Å². The number of hydrogen-bond donors (Lipinski definition) is 1. The van der Waals surface area contributed by atoms with Gasteiger partial charge in [0.2, 0.25) is 10.0 Å². The number of pyridine rings is 1. The fraction of sp³-hybridized carbons (Fsp3) is 0.320. The van der Waals surface area contributed by atoms with Crippen LogP contribution >= 0.6 is 15.9 Å². The summed E-state index contributed by atoms with van der Waals surface area (Å²) in [7, 11) is -3.57. The average Bonchev–Trinajstić information content (AvgIpc) is 3.28. The van der Waals surface area contributed by atoms with Gasteiger partial charge in [0.1, 0.15) is 5.82 Å². The molecule has 4 aromatic rings. The van der Waals surface area contributed by atoms with Gasteiger partial charge in [-0.3, -0.25) is 4.98 Å². The van der Waals surface area contributed by atoms with E-state index in [0.29, 0.717) is 30.2 Å². The van der Waals surface area contributed by atoms with Crippen molar-refractivity contribution in [3.63, 3.8) is 0 Å². The first-order chi connectivity index (χ1) is 17.0. The molecule has 182 valence electrons. The monoisotopic (exact) mass is 554 g/mol. The van der Waals surface area contributed by atoms with Gasteiger partial charge in [0.25, 0.3) is 0 Å². The number of sulfonamides is 1. The standard InChI is InChI=1S/C25H27BrN6O2S/c1-2-18-7-9-21(10-8-18)35(33,34)31-12-4-6-20(17-31)23-13-24(28-15-19-5-3-11-27-14-19)32-25(30-23)22(26)16-29-32/h3,5,7-11,13-14,16,20,28H,2,4,6,12,15,17H2,1H3. The molecule has 0 aliphatic carbocycles. The van der Waals surface area contributed by atoms with Crippen molar-refractivity contribution in [1.29, 1.82) is 0 Å². The van der Waals surface area contributed by atoms with Gasteiger partial charge in [-0.05, 0) is 64.5 Å². The molecule has 1 N–H and O–H groups in total. The van der Waals surface area contributed by atoms with Crippen molar-refractivity contribution in [1.82, 2.24) is 23.9 Å². The maximum absolute atomic E-state index is 13.4. The van der Waals surface area contributed by atoms with E-state index in [-0.39, 0.29) is 5.92 Å². The lowest BCUT2D eigenvalue weighted by atomic mass is 9.96. The van der Waals surface area contributed by atoms with Crippen LogP contribution in [0.1, 0.15) is 42.5 Å². The molecule has 8 nitrogen and oxygen atoms in total. The highest BCUT2D eigenvalue weighted by molar-refractivity contribution is 9.10. The molecule has 1 unspecified atom stereocenters. The molecule has 1 fully saturated rings. The lowest BCUT2D eigenvalue weighted by Crippen LogP contribution is -2.39.